The van der Waals surface area contributed by atoms with Gasteiger partial charge in [0, 0.05) is 10.6 Å². The first-order valence-corrected chi connectivity index (χ1v) is 6.50. The van der Waals surface area contributed by atoms with Crippen LogP contribution in [0, 0.1) is 0 Å². The highest BCUT2D eigenvalue weighted by Crippen LogP contribution is 2.26. The van der Waals surface area contributed by atoms with E-state index in [2.05, 4.69) is 10.3 Å². The number of nitrogens with two attached hydrogens (primary N) is 1. The van der Waals surface area contributed by atoms with Crippen LogP contribution in [0.15, 0.2) is 47.5 Å². The van der Waals surface area contributed by atoms with Crippen LogP contribution in [0.2, 0.25) is 0 Å². The fourth-order valence-electron chi connectivity index (χ4n) is 1.45. The molecule has 1 aromatic carbocycles. The Morgan fingerprint density at radius 2 is 1.90 bits per heavy atom. The number of rotatable bonds is 4. The predicted octanol–water partition coefficient (Wildman–Crippen LogP) is 3.23. The highest BCUT2D eigenvalue weighted by atomic mass is 32.2. The van der Waals surface area contributed by atoms with E-state index in [-0.39, 0.29) is 11.6 Å². The number of carbonyl (C=O) groups excluding carboxylic acids is 1. The standard InChI is InChI=1S/C13H11F2N3OS/c14-13(15)20-10-4-2-9(3-5-10)18-12(19)11-6-1-8(16)7-17-11/h1-7,13H,16H2,(H,18,19). The molecule has 1 heterocycles. The fraction of sp³-hybridized carbons (Fsp3) is 0.0769. The zero-order chi connectivity index (χ0) is 14.5. The molecule has 7 heteroatoms. The molecule has 1 aromatic heterocycles. The molecule has 4 nitrogen and oxygen atoms in total. The number of anilines is 2. The first-order chi connectivity index (χ1) is 9.54. The summed E-state index contributed by atoms with van der Waals surface area (Å²) in [6.45, 7) is 0. The Balaban J connectivity index is 2.02. The van der Waals surface area contributed by atoms with Crippen molar-refractivity contribution >= 4 is 29.0 Å². The maximum Gasteiger partial charge on any atom is 0.288 e. The van der Waals surface area contributed by atoms with Crippen molar-refractivity contribution in [3.8, 4) is 0 Å². The second-order valence-electron chi connectivity index (χ2n) is 3.83. The molecule has 0 saturated carbocycles. The van der Waals surface area contributed by atoms with Crippen molar-refractivity contribution in [1.82, 2.24) is 4.98 Å². The van der Waals surface area contributed by atoms with E-state index in [1.54, 1.807) is 18.2 Å². The van der Waals surface area contributed by atoms with Gasteiger partial charge in [0.25, 0.3) is 11.7 Å². The summed E-state index contributed by atoms with van der Waals surface area (Å²) >= 11 is 0.452. The van der Waals surface area contributed by atoms with Crippen molar-refractivity contribution in [2.45, 2.75) is 10.7 Å². The highest BCUT2D eigenvalue weighted by molar-refractivity contribution is 7.99. The number of halogens is 2. The Morgan fingerprint density at radius 1 is 1.20 bits per heavy atom. The Labute approximate surface area is 118 Å². The first kappa shape index (κ1) is 14.3. The van der Waals surface area contributed by atoms with E-state index in [0.29, 0.717) is 28.0 Å². The Morgan fingerprint density at radius 3 is 2.45 bits per heavy atom. The van der Waals surface area contributed by atoms with Crippen LogP contribution in [0.1, 0.15) is 10.5 Å². The van der Waals surface area contributed by atoms with E-state index in [0.717, 1.165) is 0 Å². The van der Waals surface area contributed by atoms with Gasteiger partial charge in [0.15, 0.2) is 0 Å². The van der Waals surface area contributed by atoms with Crippen LogP contribution in [-0.4, -0.2) is 16.6 Å². The van der Waals surface area contributed by atoms with E-state index in [4.69, 9.17) is 5.73 Å². The molecule has 0 aliphatic heterocycles. The second-order valence-corrected chi connectivity index (χ2v) is 4.90. The normalized spacial score (nSPS) is 10.6. The highest BCUT2D eigenvalue weighted by Gasteiger charge is 2.08. The molecule has 0 fully saturated rings. The topological polar surface area (TPSA) is 68.0 Å². The van der Waals surface area contributed by atoms with E-state index in [1.807, 2.05) is 0 Å². The van der Waals surface area contributed by atoms with E-state index >= 15 is 0 Å². The van der Waals surface area contributed by atoms with Gasteiger partial charge in [-0.3, -0.25) is 4.79 Å². The number of benzene rings is 1. The Kier molecular flexibility index (Phi) is 4.52. The number of hydrogen-bond donors (Lipinski definition) is 2. The maximum absolute atomic E-state index is 12.2. The lowest BCUT2D eigenvalue weighted by Crippen LogP contribution is -2.13. The number of carbonyl (C=O) groups is 1. The van der Waals surface area contributed by atoms with Gasteiger partial charge in [0.1, 0.15) is 5.69 Å². The fourth-order valence-corrected chi connectivity index (χ4v) is 1.95. The van der Waals surface area contributed by atoms with Crippen LogP contribution in [0.5, 0.6) is 0 Å². The van der Waals surface area contributed by atoms with Crippen molar-refractivity contribution < 1.29 is 13.6 Å². The molecule has 0 radical (unpaired) electrons. The van der Waals surface area contributed by atoms with Crippen molar-refractivity contribution in [3.63, 3.8) is 0 Å². The molecule has 0 saturated heterocycles. The van der Waals surface area contributed by atoms with Crippen LogP contribution < -0.4 is 11.1 Å². The molecule has 0 unspecified atom stereocenters. The summed E-state index contributed by atoms with van der Waals surface area (Å²) in [5, 5.41) is 2.62. The molecule has 1 amide bonds. The molecule has 0 bridgehead atoms. The average molecular weight is 295 g/mol. The summed E-state index contributed by atoms with van der Waals surface area (Å²) in [4.78, 5) is 16.2. The van der Waals surface area contributed by atoms with Crippen LogP contribution in [-0.2, 0) is 0 Å². The molecule has 104 valence electrons. The second kappa shape index (κ2) is 6.33. The molecule has 0 aliphatic rings. The van der Waals surface area contributed by atoms with E-state index in [1.165, 1.54) is 24.4 Å². The third kappa shape index (κ3) is 3.92. The molecule has 0 atom stereocenters. The maximum atomic E-state index is 12.2. The number of aromatic nitrogens is 1. The summed E-state index contributed by atoms with van der Waals surface area (Å²) in [5.74, 6) is -2.85. The minimum Gasteiger partial charge on any atom is -0.397 e. The van der Waals surface area contributed by atoms with Gasteiger partial charge in [-0.25, -0.2) is 4.98 Å². The molecular weight excluding hydrogens is 284 g/mol. The summed E-state index contributed by atoms with van der Waals surface area (Å²) < 4.78 is 24.3. The van der Waals surface area contributed by atoms with Crippen molar-refractivity contribution in [2.75, 3.05) is 11.1 Å². The summed E-state index contributed by atoms with van der Waals surface area (Å²) in [6, 6.07) is 9.22. The van der Waals surface area contributed by atoms with Gasteiger partial charge in [0.05, 0.1) is 11.9 Å². The molecular formula is C13H11F2N3OS. The molecule has 2 rings (SSSR count). The van der Waals surface area contributed by atoms with Crippen molar-refractivity contribution in [2.24, 2.45) is 0 Å². The number of thioether (sulfide) groups is 1. The lowest BCUT2D eigenvalue weighted by molar-refractivity contribution is 0.102. The number of nitrogen functional groups attached to an aromatic ring is 1. The van der Waals surface area contributed by atoms with Crippen LogP contribution in [0.4, 0.5) is 20.2 Å². The zero-order valence-corrected chi connectivity index (χ0v) is 11.0. The monoisotopic (exact) mass is 295 g/mol. The Bertz CT molecular complexity index is 588. The number of alkyl halides is 2. The SMILES string of the molecule is Nc1ccc(C(=O)Nc2ccc(SC(F)F)cc2)nc1. The Hall–Kier alpha value is -2.15. The third-order valence-corrected chi connectivity index (χ3v) is 3.08. The predicted molar refractivity (Wildman–Crippen MR) is 74.9 cm³/mol. The van der Waals surface area contributed by atoms with Crippen LogP contribution in [0.3, 0.4) is 0 Å². The molecule has 20 heavy (non-hydrogen) atoms. The quantitative estimate of drug-likeness (QED) is 0.850. The molecule has 2 aromatic rings. The minimum absolute atomic E-state index is 0.227. The van der Waals surface area contributed by atoms with Gasteiger partial charge < -0.3 is 11.1 Å². The number of pyridine rings is 1. The summed E-state index contributed by atoms with van der Waals surface area (Å²) in [6.07, 6.45) is 1.39. The van der Waals surface area contributed by atoms with E-state index < -0.39 is 5.76 Å². The zero-order valence-electron chi connectivity index (χ0n) is 10.2. The summed E-state index contributed by atoms with van der Waals surface area (Å²) in [7, 11) is 0. The first-order valence-electron chi connectivity index (χ1n) is 5.62. The summed E-state index contributed by atoms with van der Waals surface area (Å²) in [5.41, 5.74) is 6.68. The van der Waals surface area contributed by atoms with Gasteiger partial charge in [-0.2, -0.15) is 8.78 Å². The smallest absolute Gasteiger partial charge is 0.288 e. The number of amides is 1. The van der Waals surface area contributed by atoms with Gasteiger partial charge in [-0.1, -0.05) is 11.8 Å². The number of nitrogens with zero attached hydrogens (tertiary/aromatic N) is 1. The van der Waals surface area contributed by atoms with Crippen molar-refractivity contribution in [3.05, 3.63) is 48.3 Å². The minimum atomic E-state index is -2.46. The molecule has 0 spiro atoms. The van der Waals surface area contributed by atoms with Gasteiger partial charge in [-0.15, -0.1) is 0 Å². The van der Waals surface area contributed by atoms with Gasteiger partial charge >= 0.3 is 0 Å². The van der Waals surface area contributed by atoms with E-state index in [9.17, 15) is 13.6 Å². The third-order valence-electron chi connectivity index (χ3n) is 2.36. The van der Waals surface area contributed by atoms with Crippen LogP contribution >= 0.6 is 11.8 Å². The number of nitrogens with one attached hydrogen (secondary N) is 1. The lowest BCUT2D eigenvalue weighted by Gasteiger charge is -2.06. The molecule has 0 aliphatic carbocycles. The van der Waals surface area contributed by atoms with Crippen molar-refractivity contribution in [1.29, 1.82) is 0 Å². The largest absolute Gasteiger partial charge is 0.397 e. The average Bonchev–Trinajstić information content (AvgIpc) is 2.41. The number of hydrogen-bond acceptors (Lipinski definition) is 4. The van der Waals surface area contributed by atoms with Gasteiger partial charge in [-0.05, 0) is 36.4 Å². The lowest BCUT2D eigenvalue weighted by atomic mass is 10.3. The van der Waals surface area contributed by atoms with Crippen LogP contribution in [0.25, 0.3) is 0 Å². The van der Waals surface area contributed by atoms with Gasteiger partial charge in [0.2, 0.25) is 0 Å². The molecule has 3 N–H and O–H groups in total.